The van der Waals surface area contributed by atoms with Crippen LogP contribution in [0.25, 0.3) is 0 Å². The second kappa shape index (κ2) is 17.0. The molecule has 1 aromatic carbocycles. The number of carbonyl (C=O) groups excluding carboxylic acids is 4. The molecule has 0 aliphatic rings. The molecule has 0 bridgehead atoms. The summed E-state index contributed by atoms with van der Waals surface area (Å²) in [5.74, 6) is -1.75. The number of esters is 3. The Kier molecular flexibility index (Phi) is 15.2. The van der Waals surface area contributed by atoms with Crippen LogP contribution in [0.15, 0.2) is 24.3 Å². The van der Waals surface area contributed by atoms with Crippen LogP contribution in [0.3, 0.4) is 0 Å². The van der Waals surface area contributed by atoms with E-state index in [-0.39, 0.29) is 12.8 Å². The molecular weight excluding hydrogens is 649 g/mol. The summed E-state index contributed by atoms with van der Waals surface area (Å²) in [4.78, 5) is 51.1. The number of unbranched alkanes of at least 4 members (excludes halogenated alkanes) is 1. The number of urea groups is 1. The van der Waals surface area contributed by atoms with Gasteiger partial charge in [-0.2, -0.15) is 0 Å². The summed E-state index contributed by atoms with van der Waals surface area (Å²) in [7, 11) is 0. The maximum Gasteiger partial charge on any atom is 0.329 e. The molecule has 0 spiro atoms. The molecular formula is C31H50IN3O7. The van der Waals surface area contributed by atoms with Crippen LogP contribution < -0.4 is 16.0 Å². The Morgan fingerprint density at radius 1 is 0.714 bits per heavy atom. The first-order valence-electron chi connectivity index (χ1n) is 14.4. The highest BCUT2D eigenvalue weighted by Gasteiger charge is 2.31. The van der Waals surface area contributed by atoms with Gasteiger partial charge in [0.1, 0.15) is 28.9 Å². The minimum Gasteiger partial charge on any atom is -0.460 e. The third-order valence-electron chi connectivity index (χ3n) is 5.39. The van der Waals surface area contributed by atoms with Gasteiger partial charge in [-0.05, 0) is 135 Å². The van der Waals surface area contributed by atoms with Gasteiger partial charge >= 0.3 is 23.9 Å². The van der Waals surface area contributed by atoms with E-state index in [1.807, 2.05) is 0 Å². The summed E-state index contributed by atoms with van der Waals surface area (Å²) in [5, 5.41) is 8.64. The molecule has 0 heterocycles. The first-order valence-corrected chi connectivity index (χ1v) is 15.5. The Morgan fingerprint density at radius 3 is 1.67 bits per heavy atom. The molecule has 42 heavy (non-hydrogen) atoms. The van der Waals surface area contributed by atoms with E-state index in [1.54, 1.807) is 62.3 Å². The molecule has 0 aromatic heterocycles. The Morgan fingerprint density at radius 2 is 1.19 bits per heavy atom. The highest BCUT2D eigenvalue weighted by Crippen LogP contribution is 2.15. The monoisotopic (exact) mass is 699 g/mol. The number of rotatable bonds is 14. The zero-order valence-electron chi connectivity index (χ0n) is 26.6. The topological polar surface area (TPSA) is 132 Å². The van der Waals surface area contributed by atoms with E-state index in [0.29, 0.717) is 12.8 Å². The van der Waals surface area contributed by atoms with E-state index in [4.69, 9.17) is 14.2 Å². The first kappa shape index (κ1) is 37.6. The molecule has 1 rings (SSSR count). The van der Waals surface area contributed by atoms with Gasteiger partial charge in [-0.1, -0.05) is 12.1 Å². The van der Waals surface area contributed by atoms with Crippen LogP contribution in [0.4, 0.5) is 4.79 Å². The second-order valence-electron chi connectivity index (χ2n) is 13.2. The molecule has 2 atom stereocenters. The molecule has 0 radical (unpaired) electrons. The van der Waals surface area contributed by atoms with E-state index >= 15 is 0 Å². The lowest BCUT2D eigenvalue weighted by Crippen LogP contribution is -2.53. The van der Waals surface area contributed by atoms with E-state index in [0.717, 1.165) is 19.5 Å². The lowest BCUT2D eigenvalue weighted by atomic mass is 10.1. The van der Waals surface area contributed by atoms with Crippen molar-refractivity contribution in [1.29, 1.82) is 0 Å². The van der Waals surface area contributed by atoms with Crippen molar-refractivity contribution in [3.8, 4) is 0 Å². The SMILES string of the molecule is CC(C)(C)OC(=O)CC[C@H](NC(=O)N[C@@H](CCCCNCc1ccc([123I])cc1)C(=O)OC(C)(C)C)C(=O)OC(C)(C)C. The summed E-state index contributed by atoms with van der Waals surface area (Å²) in [6.07, 6.45) is 1.65. The largest absolute Gasteiger partial charge is 0.460 e. The molecule has 0 saturated heterocycles. The average molecular weight is 700 g/mol. The molecule has 0 saturated carbocycles. The van der Waals surface area contributed by atoms with E-state index in [1.165, 1.54) is 9.13 Å². The van der Waals surface area contributed by atoms with Crippen molar-refractivity contribution in [3.63, 3.8) is 0 Å². The number of hydrogen-bond acceptors (Lipinski definition) is 8. The Bertz CT molecular complexity index is 1020. The van der Waals surface area contributed by atoms with E-state index in [9.17, 15) is 19.2 Å². The van der Waals surface area contributed by atoms with Gasteiger partial charge in [-0.3, -0.25) is 4.79 Å². The zero-order valence-corrected chi connectivity index (χ0v) is 28.8. The van der Waals surface area contributed by atoms with Gasteiger partial charge in [0, 0.05) is 16.5 Å². The van der Waals surface area contributed by atoms with Gasteiger partial charge in [-0.15, -0.1) is 0 Å². The van der Waals surface area contributed by atoms with Gasteiger partial charge in [0.2, 0.25) is 0 Å². The van der Waals surface area contributed by atoms with Crippen LogP contribution in [0.2, 0.25) is 0 Å². The molecule has 0 fully saturated rings. The van der Waals surface area contributed by atoms with Crippen LogP contribution in [0, 0.1) is 3.57 Å². The fraction of sp³-hybridized carbons (Fsp3) is 0.677. The van der Waals surface area contributed by atoms with E-state index < -0.39 is 52.8 Å². The van der Waals surface area contributed by atoms with Gasteiger partial charge < -0.3 is 30.2 Å². The normalized spacial score (nSPS) is 13.5. The summed E-state index contributed by atoms with van der Waals surface area (Å²) < 4.78 is 17.5. The fourth-order valence-electron chi connectivity index (χ4n) is 3.69. The molecule has 0 aliphatic carbocycles. The lowest BCUT2D eigenvalue weighted by Gasteiger charge is -2.27. The average Bonchev–Trinajstić information content (AvgIpc) is 2.80. The van der Waals surface area contributed by atoms with Crippen LogP contribution in [-0.2, 0) is 35.1 Å². The molecule has 11 heteroatoms. The third kappa shape index (κ3) is 18.2. The number of carbonyl (C=O) groups is 4. The van der Waals surface area contributed by atoms with Crippen molar-refractivity contribution in [1.82, 2.24) is 16.0 Å². The smallest absolute Gasteiger partial charge is 0.329 e. The van der Waals surface area contributed by atoms with Gasteiger partial charge in [-0.25, -0.2) is 14.4 Å². The van der Waals surface area contributed by atoms with Crippen LogP contribution in [-0.4, -0.2) is 59.4 Å². The number of hydrogen-bond donors (Lipinski definition) is 3. The Balaban J connectivity index is 2.80. The van der Waals surface area contributed by atoms with Crippen molar-refractivity contribution in [2.75, 3.05) is 6.54 Å². The van der Waals surface area contributed by atoms with Gasteiger partial charge in [0.25, 0.3) is 0 Å². The van der Waals surface area contributed by atoms with Crippen molar-refractivity contribution in [3.05, 3.63) is 33.4 Å². The molecule has 0 unspecified atom stereocenters. The van der Waals surface area contributed by atoms with Crippen molar-refractivity contribution < 1.29 is 33.4 Å². The van der Waals surface area contributed by atoms with Crippen molar-refractivity contribution in [2.45, 2.75) is 130 Å². The van der Waals surface area contributed by atoms with E-state index in [2.05, 4.69) is 62.8 Å². The summed E-state index contributed by atoms with van der Waals surface area (Å²) in [5.41, 5.74) is -1.04. The number of ether oxygens (including phenoxy) is 3. The number of nitrogens with one attached hydrogen (secondary N) is 3. The third-order valence-corrected chi connectivity index (χ3v) is 6.11. The molecule has 10 nitrogen and oxygen atoms in total. The minimum absolute atomic E-state index is 0.0272. The maximum absolute atomic E-state index is 13.0. The predicted molar refractivity (Wildman–Crippen MR) is 171 cm³/mol. The molecule has 2 amide bonds. The van der Waals surface area contributed by atoms with Crippen molar-refractivity contribution >= 4 is 46.5 Å². The quantitative estimate of drug-likeness (QED) is 0.102. The van der Waals surface area contributed by atoms with Gasteiger partial charge in [0.05, 0.1) is 0 Å². The number of amides is 2. The Labute approximate surface area is 264 Å². The molecule has 1 aromatic rings. The zero-order chi connectivity index (χ0) is 32.1. The second-order valence-corrected chi connectivity index (χ2v) is 14.5. The number of benzene rings is 1. The highest BCUT2D eigenvalue weighted by atomic mass is 123. The molecule has 238 valence electrons. The standard InChI is InChI=1S/C31H50IN3O7/c1-29(2,3)40-25(36)18-17-24(27(38)42-31(7,8)9)35-28(39)34-23(26(37)41-30(4,5)6)12-10-11-19-33-20-21-13-15-22(32)16-14-21/h13-16,23-24,33H,10-12,17-20H2,1-9H3,(H2,34,35,39)/t23-,24-/m0/s1/i32-4. The molecule has 0 aliphatic heterocycles. The summed E-state index contributed by atoms with van der Waals surface area (Å²) >= 11 is 2.27. The minimum atomic E-state index is -1.12. The highest BCUT2D eigenvalue weighted by molar-refractivity contribution is 14.1. The summed E-state index contributed by atoms with van der Waals surface area (Å²) in [6, 6.07) is 5.49. The fourth-order valence-corrected chi connectivity index (χ4v) is 4.05. The number of halogens is 1. The van der Waals surface area contributed by atoms with Crippen molar-refractivity contribution in [2.24, 2.45) is 0 Å². The Hall–Kier alpha value is -2.41. The lowest BCUT2D eigenvalue weighted by molar-refractivity contribution is -0.159. The first-order chi connectivity index (χ1) is 19.2. The summed E-state index contributed by atoms with van der Waals surface area (Å²) in [6.45, 7) is 17.1. The van der Waals surface area contributed by atoms with Crippen LogP contribution in [0.1, 0.15) is 100.0 Å². The molecule has 3 N–H and O–H groups in total. The van der Waals surface area contributed by atoms with Gasteiger partial charge in [0.15, 0.2) is 0 Å². The maximum atomic E-state index is 13.0. The predicted octanol–water partition coefficient (Wildman–Crippen LogP) is 5.39. The van der Waals surface area contributed by atoms with Crippen LogP contribution >= 0.6 is 22.6 Å². The van der Waals surface area contributed by atoms with Crippen LogP contribution in [0.5, 0.6) is 0 Å².